The van der Waals surface area contributed by atoms with Crippen LogP contribution in [0.3, 0.4) is 0 Å². The molecule has 0 spiro atoms. The fourth-order valence-corrected chi connectivity index (χ4v) is 4.46. The van der Waals surface area contributed by atoms with Gasteiger partial charge in [-0.25, -0.2) is 9.78 Å². The van der Waals surface area contributed by atoms with E-state index in [0.29, 0.717) is 0 Å². The van der Waals surface area contributed by atoms with Crippen molar-refractivity contribution in [1.29, 1.82) is 0 Å². The van der Waals surface area contributed by atoms with Gasteiger partial charge in [0.15, 0.2) is 0 Å². The van der Waals surface area contributed by atoms with Crippen LogP contribution in [-0.4, -0.2) is 37.3 Å². The van der Waals surface area contributed by atoms with Crippen molar-refractivity contribution in [2.24, 2.45) is 0 Å². The van der Waals surface area contributed by atoms with Gasteiger partial charge in [0.1, 0.15) is 11.2 Å². The molecule has 2 unspecified atom stereocenters. The van der Waals surface area contributed by atoms with Crippen LogP contribution in [0.2, 0.25) is 5.28 Å². The predicted molar refractivity (Wildman–Crippen MR) is 132 cm³/mol. The molecular formula is C26H26ClN5O2. The quantitative estimate of drug-likeness (QED) is 0.371. The first kappa shape index (κ1) is 22.3. The molecule has 3 heterocycles. The lowest BCUT2D eigenvalue weighted by Gasteiger charge is -2.38. The lowest BCUT2D eigenvalue weighted by atomic mass is 9.75. The van der Waals surface area contributed by atoms with Crippen LogP contribution in [0.25, 0.3) is 28.1 Å². The molecule has 0 aliphatic heterocycles. The maximum atomic E-state index is 12.2. The standard InChI is InChI=1S/C26H26ClN5O2/c1-26(2,3)34-25(33)30-20-12-11-19(20)16-7-9-18(10-8-16)32-22(21-6-4-5-13-28-21)14-17-15-29-24(27)31-23(17)32/h4-10,13-15,19-20H,11-12H2,1-3H3,(H,30,33). The maximum Gasteiger partial charge on any atom is 0.407 e. The number of halogens is 1. The van der Waals surface area contributed by atoms with Gasteiger partial charge in [0, 0.05) is 35.4 Å². The Morgan fingerprint density at radius 3 is 2.56 bits per heavy atom. The van der Waals surface area contributed by atoms with Crippen molar-refractivity contribution in [3.63, 3.8) is 0 Å². The number of fused-ring (bicyclic) bond motifs is 1. The molecule has 4 aromatic rings. The van der Waals surface area contributed by atoms with E-state index in [1.54, 1.807) is 12.4 Å². The number of nitrogens with one attached hydrogen (secondary N) is 1. The Labute approximate surface area is 203 Å². The molecule has 1 amide bonds. The molecule has 0 radical (unpaired) electrons. The van der Waals surface area contributed by atoms with Gasteiger partial charge in [-0.15, -0.1) is 0 Å². The Morgan fingerprint density at radius 2 is 1.91 bits per heavy atom. The fraction of sp³-hybridized carbons (Fsp3) is 0.308. The number of alkyl carbamates (subject to hydrolysis) is 1. The normalized spacial score (nSPS) is 17.9. The van der Waals surface area contributed by atoms with Crippen LogP contribution >= 0.6 is 11.6 Å². The average Bonchev–Trinajstić information content (AvgIpc) is 3.15. The van der Waals surface area contributed by atoms with Crippen molar-refractivity contribution in [2.45, 2.75) is 51.2 Å². The number of nitrogens with zero attached hydrogens (tertiary/aromatic N) is 4. The number of carbonyl (C=O) groups is 1. The maximum absolute atomic E-state index is 12.2. The Morgan fingerprint density at radius 1 is 1.12 bits per heavy atom. The SMILES string of the molecule is CC(C)(C)OC(=O)NC1CCC1c1ccc(-n2c(-c3ccccn3)cc3cnc(Cl)nc32)cc1. The van der Waals surface area contributed by atoms with Crippen LogP contribution in [0, 0.1) is 0 Å². The van der Waals surface area contributed by atoms with E-state index in [2.05, 4.69) is 44.5 Å². The number of benzene rings is 1. The lowest BCUT2D eigenvalue weighted by molar-refractivity contribution is 0.0466. The van der Waals surface area contributed by atoms with Gasteiger partial charge in [-0.1, -0.05) is 18.2 Å². The first-order chi connectivity index (χ1) is 16.3. The van der Waals surface area contributed by atoms with Crippen molar-refractivity contribution >= 4 is 28.7 Å². The van der Waals surface area contributed by atoms with E-state index >= 15 is 0 Å². The topological polar surface area (TPSA) is 81.9 Å². The lowest BCUT2D eigenvalue weighted by Crippen LogP contribution is -2.47. The average molecular weight is 476 g/mol. The van der Waals surface area contributed by atoms with E-state index in [0.717, 1.165) is 41.0 Å². The number of ether oxygens (including phenoxy) is 1. The van der Waals surface area contributed by atoms with Crippen molar-refractivity contribution in [3.8, 4) is 17.1 Å². The predicted octanol–water partition coefficient (Wildman–Crippen LogP) is 5.91. The van der Waals surface area contributed by atoms with Crippen molar-refractivity contribution in [3.05, 3.63) is 71.8 Å². The summed E-state index contributed by atoms with van der Waals surface area (Å²) in [5.74, 6) is 0.259. The van der Waals surface area contributed by atoms with Crippen molar-refractivity contribution in [2.75, 3.05) is 0 Å². The summed E-state index contributed by atoms with van der Waals surface area (Å²) in [6, 6.07) is 16.3. The summed E-state index contributed by atoms with van der Waals surface area (Å²) in [7, 11) is 0. The molecule has 5 rings (SSSR count). The molecule has 3 aromatic heterocycles. The first-order valence-corrected chi connectivity index (χ1v) is 11.7. The summed E-state index contributed by atoms with van der Waals surface area (Å²) in [6.07, 6.45) is 5.09. The van der Waals surface area contributed by atoms with Crippen LogP contribution in [0.4, 0.5) is 4.79 Å². The second kappa shape index (κ2) is 8.72. The minimum absolute atomic E-state index is 0.0729. The van der Waals surface area contributed by atoms with E-state index in [1.807, 2.05) is 49.6 Å². The Balaban J connectivity index is 1.44. The summed E-state index contributed by atoms with van der Waals surface area (Å²) >= 11 is 6.13. The number of hydrogen-bond donors (Lipinski definition) is 1. The Hall–Kier alpha value is -3.45. The largest absolute Gasteiger partial charge is 0.444 e. The third-order valence-corrected chi connectivity index (χ3v) is 6.18. The van der Waals surface area contributed by atoms with E-state index in [1.165, 1.54) is 5.56 Å². The van der Waals surface area contributed by atoms with Gasteiger partial charge in [0.2, 0.25) is 5.28 Å². The first-order valence-electron chi connectivity index (χ1n) is 11.3. The third kappa shape index (κ3) is 4.48. The number of hydrogen-bond acceptors (Lipinski definition) is 5. The minimum Gasteiger partial charge on any atom is -0.444 e. The number of rotatable bonds is 4. The van der Waals surface area contributed by atoms with Crippen LogP contribution < -0.4 is 5.32 Å². The molecule has 2 atom stereocenters. The highest BCUT2D eigenvalue weighted by molar-refractivity contribution is 6.28. The molecule has 1 saturated carbocycles. The van der Waals surface area contributed by atoms with E-state index in [9.17, 15) is 4.79 Å². The zero-order valence-electron chi connectivity index (χ0n) is 19.3. The van der Waals surface area contributed by atoms with E-state index < -0.39 is 5.60 Å². The second-order valence-corrected chi connectivity index (χ2v) is 9.86. The minimum atomic E-state index is -0.512. The summed E-state index contributed by atoms with van der Waals surface area (Å²) < 4.78 is 7.47. The van der Waals surface area contributed by atoms with Crippen molar-refractivity contribution < 1.29 is 9.53 Å². The van der Waals surface area contributed by atoms with Crippen LogP contribution in [0.15, 0.2) is 60.9 Å². The molecule has 174 valence electrons. The van der Waals surface area contributed by atoms with Gasteiger partial charge in [0.05, 0.1) is 11.4 Å². The Kier molecular flexibility index (Phi) is 5.73. The zero-order chi connectivity index (χ0) is 23.9. The molecule has 1 fully saturated rings. The van der Waals surface area contributed by atoms with Crippen LogP contribution in [0.1, 0.15) is 45.1 Å². The highest BCUT2D eigenvalue weighted by Crippen LogP contribution is 2.38. The van der Waals surface area contributed by atoms with E-state index in [-0.39, 0.29) is 23.3 Å². The molecular weight excluding hydrogens is 450 g/mol. The molecule has 1 aliphatic rings. The van der Waals surface area contributed by atoms with Gasteiger partial charge in [0.25, 0.3) is 0 Å². The molecule has 1 N–H and O–H groups in total. The van der Waals surface area contributed by atoms with Crippen LogP contribution in [0.5, 0.6) is 0 Å². The molecule has 34 heavy (non-hydrogen) atoms. The molecule has 1 aromatic carbocycles. The summed E-state index contributed by atoms with van der Waals surface area (Å²) in [6.45, 7) is 5.60. The van der Waals surface area contributed by atoms with Gasteiger partial charge >= 0.3 is 6.09 Å². The van der Waals surface area contributed by atoms with Gasteiger partial charge in [-0.05, 0) is 81.1 Å². The monoisotopic (exact) mass is 475 g/mol. The molecule has 1 aliphatic carbocycles. The van der Waals surface area contributed by atoms with Gasteiger partial charge < -0.3 is 10.1 Å². The fourth-order valence-electron chi connectivity index (χ4n) is 4.33. The highest BCUT2D eigenvalue weighted by Gasteiger charge is 2.34. The van der Waals surface area contributed by atoms with E-state index in [4.69, 9.17) is 16.3 Å². The molecule has 0 saturated heterocycles. The summed E-state index contributed by atoms with van der Waals surface area (Å²) in [4.78, 5) is 25.4. The van der Waals surface area contributed by atoms with Crippen molar-refractivity contribution in [1.82, 2.24) is 24.8 Å². The van der Waals surface area contributed by atoms with Gasteiger partial charge in [-0.2, -0.15) is 4.98 Å². The number of pyridine rings is 1. The third-order valence-electron chi connectivity index (χ3n) is 5.99. The molecule has 7 nitrogen and oxygen atoms in total. The zero-order valence-corrected chi connectivity index (χ0v) is 20.1. The number of carbonyl (C=O) groups excluding carboxylic acids is 1. The number of amides is 1. The molecule has 8 heteroatoms. The Bertz CT molecular complexity index is 1330. The molecule has 0 bridgehead atoms. The summed E-state index contributed by atoms with van der Waals surface area (Å²) in [5, 5.41) is 4.10. The number of aromatic nitrogens is 4. The van der Waals surface area contributed by atoms with Gasteiger partial charge in [-0.3, -0.25) is 9.55 Å². The highest BCUT2D eigenvalue weighted by atomic mass is 35.5. The van der Waals surface area contributed by atoms with Crippen LogP contribution in [-0.2, 0) is 4.74 Å². The second-order valence-electron chi connectivity index (χ2n) is 9.53. The summed E-state index contributed by atoms with van der Waals surface area (Å²) in [5.41, 5.74) is 4.09. The smallest absolute Gasteiger partial charge is 0.407 e.